The molecule has 0 aromatic carbocycles. The van der Waals surface area contributed by atoms with Gasteiger partial charge in [0.05, 0.1) is 18.2 Å². The first-order chi connectivity index (χ1) is 9.60. The van der Waals surface area contributed by atoms with Crippen molar-refractivity contribution in [1.82, 2.24) is 10.2 Å². The van der Waals surface area contributed by atoms with Crippen LogP contribution in [0.1, 0.15) is 51.9 Å². The number of rotatable bonds is 2. The molecule has 2 atom stereocenters. The minimum absolute atomic E-state index is 0.00490. The molecule has 0 bridgehead atoms. The van der Waals surface area contributed by atoms with Crippen molar-refractivity contribution in [2.24, 2.45) is 0 Å². The van der Waals surface area contributed by atoms with Gasteiger partial charge in [0.2, 0.25) is 11.8 Å². The molecule has 3 aliphatic rings. The second-order valence-corrected chi connectivity index (χ2v) is 6.46. The third-order valence-electron chi connectivity index (χ3n) is 5.08. The molecule has 2 unspecified atom stereocenters. The number of hydrogen-bond acceptors (Lipinski definition) is 3. The van der Waals surface area contributed by atoms with Crippen LogP contribution in [0.4, 0.5) is 0 Å². The lowest BCUT2D eigenvalue weighted by atomic mass is 9.83. The predicted molar refractivity (Wildman–Crippen MR) is 74.1 cm³/mol. The third-order valence-corrected chi connectivity index (χ3v) is 5.08. The molecule has 5 heteroatoms. The van der Waals surface area contributed by atoms with E-state index in [1.54, 1.807) is 11.8 Å². The summed E-state index contributed by atoms with van der Waals surface area (Å²) in [6, 6.07) is -0.372. The average molecular weight is 280 g/mol. The van der Waals surface area contributed by atoms with E-state index in [1.165, 1.54) is 19.3 Å². The van der Waals surface area contributed by atoms with E-state index < -0.39 is 0 Å². The molecule has 0 aromatic rings. The summed E-state index contributed by atoms with van der Waals surface area (Å²) in [6.07, 6.45) is 8.38. The van der Waals surface area contributed by atoms with E-state index in [4.69, 9.17) is 4.74 Å². The van der Waals surface area contributed by atoms with Crippen LogP contribution in [0.5, 0.6) is 0 Å². The molecule has 2 heterocycles. The summed E-state index contributed by atoms with van der Waals surface area (Å²) < 4.78 is 6.30. The van der Waals surface area contributed by atoms with Gasteiger partial charge in [0.15, 0.2) is 0 Å². The zero-order chi connectivity index (χ0) is 14.2. The van der Waals surface area contributed by atoms with Crippen molar-refractivity contribution >= 4 is 11.8 Å². The normalized spacial score (nSPS) is 33.5. The second-order valence-electron chi connectivity index (χ2n) is 6.46. The van der Waals surface area contributed by atoms with E-state index in [2.05, 4.69) is 5.32 Å². The van der Waals surface area contributed by atoms with E-state index in [1.807, 2.05) is 0 Å². The van der Waals surface area contributed by atoms with Crippen molar-refractivity contribution in [3.05, 3.63) is 0 Å². The van der Waals surface area contributed by atoms with E-state index in [0.717, 1.165) is 25.7 Å². The SMILES string of the molecule is CC1C(=O)NCC(=O)N1CC1CCC2(CCCCC2)O1. The fraction of sp³-hybridized carbons (Fsp3) is 0.867. The fourth-order valence-corrected chi connectivity index (χ4v) is 3.84. The summed E-state index contributed by atoms with van der Waals surface area (Å²) in [6.45, 7) is 2.48. The first kappa shape index (κ1) is 13.9. The molecule has 112 valence electrons. The first-order valence-electron chi connectivity index (χ1n) is 7.85. The molecule has 3 rings (SSSR count). The molecule has 1 aliphatic carbocycles. The molecule has 1 spiro atoms. The lowest BCUT2D eigenvalue weighted by molar-refractivity contribution is -0.148. The Hall–Kier alpha value is -1.10. The molecule has 2 saturated heterocycles. The Morgan fingerprint density at radius 1 is 1.25 bits per heavy atom. The highest BCUT2D eigenvalue weighted by Crippen LogP contribution is 2.42. The van der Waals surface area contributed by atoms with Crippen LogP contribution in [-0.2, 0) is 14.3 Å². The number of carbonyl (C=O) groups is 2. The molecule has 2 amide bonds. The highest BCUT2D eigenvalue weighted by Gasteiger charge is 2.42. The van der Waals surface area contributed by atoms with Crippen LogP contribution in [0.3, 0.4) is 0 Å². The number of nitrogens with one attached hydrogen (secondary N) is 1. The summed E-state index contributed by atoms with van der Waals surface area (Å²) in [5, 5.41) is 2.62. The summed E-state index contributed by atoms with van der Waals surface area (Å²) in [7, 11) is 0. The Morgan fingerprint density at radius 2 is 2.00 bits per heavy atom. The molecule has 5 nitrogen and oxygen atoms in total. The Kier molecular flexibility index (Phi) is 3.71. The van der Waals surface area contributed by atoms with Crippen LogP contribution in [-0.4, -0.2) is 47.6 Å². The minimum atomic E-state index is -0.372. The van der Waals surface area contributed by atoms with Gasteiger partial charge in [0.1, 0.15) is 6.04 Å². The smallest absolute Gasteiger partial charge is 0.242 e. The van der Waals surface area contributed by atoms with Crippen molar-refractivity contribution in [3.63, 3.8) is 0 Å². The number of carbonyl (C=O) groups excluding carboxylic acids is 2. The van der Waals surface area contributed by atoms with E-state index in [9.17, 15) is 9.59 Å². The highest BCUT2D eigenvalue weighted by atomic mass is 16.5. The number of piperazine rings is 1. The number of amides is 2. The molecule has 0 aromatic heterocycles. The van der Waals surface area contributed by atoms with Crippen LogP contribution < -0.4 is 5.32 Å². The maximum atomic E-state index is 12.0. The largest absolute Gasteiger partial charge is 0.370 e. The molecule has 0 radical (unpaired) electrons. The maximum absolute atomic E-state index is 12.0. The van der Waals surface area contributed by atoms with Gasteiger partial charge in [-0.3, -0.25) is 9.59 Å². The maximum Gasteiger partial charge on any atom is 0.242 e. The predicted octanol–water partition coefficient (Wildman–Crippen LogP) is 1.22. The summed E-state index contributed by atoms with van der Waals surface area (Å²) in [5.41, 5.74) is 0.0766. The first-order valence-corrected chi connectivity index (χ1v) is 7.85. The Balaban J connectivity index is 1.61. The number of ether oxygens (including phenoxy) is 1. The van der Waals surface area contributed by atoms with Gasteiger partial charge < -0.3 is 15.0 Å². The van der Waals surface area contributed by atoms with Crippen LogP contribution in [0, 0.1) is 0 Å². The lowest BCUT2D eigenvalue weighted by Crippen LogP contribution is -2.58. The third kappa shape index (κ3) is 2.55. The standard InChI is InChI=1S/C15H24N2O3/c1-11-14(19)16-9-13(18)17(11)10-12-5-8-15(20-12)6-3-2-4-7-15/h11-12H,2-10H2,1H3,(H,16,19). The summed E-state index contributed by atoms with van der Waals surface area (Å²) in [4.78, 5) is 25.3. The minimum Gasteiger partial charge on any atom is -0.370 e. The van der Waals surface area contributed by atoms with Crippen molar-refractivity contribution < 1.29 is 14.3 Å². The summed E-state index contributed by atoms with van der Waals surface area (Å²) in [5.74, 6) is -0.0553. The van der Waals surface area contributed by atoms with Gasteiger partial charge in [0.25, 0.3) is 0 Å². The number of hydrogen-bond donors (Lipinski definition) is 1. The van der Waals surface area contributed by atoms with Gasteiger partial charge in [0, 0.05) is 6.54 Å². The van der Waals surface area contributed by atoms with Crippen molar-refractivity contribution in [1.29, 1.82) is 0 Å². The van der Waals surface area contributed by atoms with Crippen molar-refractivity contribution in [2.45, 2.75) is 69.6 Å². The Bertz CT molecular complexity index is 404. The molecule has 2 aliphatic heterocycles. The molecule has 1 saturated carbocycles. The van der Waals surface area contributed by atoms with E-state index in [-0.39, 0.29) is 36.1 Å². The molecule has 20 heavy (non-hydrogen) atoms. The number of nitrogens with zero attached hydrogens (tertiary/aromatic N) is 1. The van der Waals surface area contributed by atoms with Crippen LogP contribution in [0.2, 0.25) is 0 Å². The van der Waals surface area contributed by atoms with Gasteiger partial charge in [-0.15, -0.1) is 0 Å². The van der Waals surface area contributed by atoms with Gasteiger partial charge in [-0.2, -0.15) is 0 Å². The van der Waals surface area contributed by atoms with Crippen LogP contribution in [0.15, 0.2) is 0 Å². The quantitative estimate of drug-likeness (QED) is 0.827. The van der Waals surface area contributed by atoms with Crippen molar-refractivity contribution in [2.75, 3.05) is 13.1 Å². The zero-order valence-corrected chi connectivity index (χ0v) is 12.2. The van der Waals surface area contributed by atoms with Gasteiger partial charge in [-0.1, -0.05) is 19.3 Å². The fourth-order valence-electron chi connectivity index (χ4n) is 3.84. The van der Waals surface area contributed by atoms with Gasteiger partial charge in [-0.25, -0.2) is 0 Å². The van der Waals surface area contributed by atoms with Gasteiger partial charge >= 0.3 is 0 Å². The zero-order valence-electron chi connectivity index (χ0n) is 12.2. The summed E-state index contributed by atoms with van der Waals surface area (Å²) >= 11 is 0. The van der Waals surface area contributed by atoms with E-state index >= 15 is 0 Å². The molecule has 1 N–H and O–H groups in total. The van der Waals surface area contributed by atoms with Crippen LogP contribution >= 0.6 is 0 Å². The Morgan fingerprint density at radius 3 is 2.75 bits per heavy atom. The Labute approximate surface area is 120 Å². The van der Waals surface area contributed by atoms with E-state index in [0.29, 0.717) is 6.54 Å². The van der Waals surface area contributed by atoms with Crippen LogP contribution in [0.25, 0.3) is 0 Å². The van der Waals surface area contributed by atoms with Crippen molar-refractivity contribution in [3.8, 4) is 0 Å². The molecular formula is C15H24N2O3. The van der Waals surface area contributed by atoms with Gasteiger partial charge in [-0.05, 0) is 32.6 Å². The monoisotopic (exact) mass is 280 g/mol. The lowest BCUT2D eigenvalue weighted by Gasteiger charge is -2.36. The average Bonchev–Trinajstić information content (AvgIpc) is 2.83. The molecular weight excluding hydrogens is 256 g/mol. The highest BCUT2D eigenvalue weighted by molar-refractivity contribution is 5.94. The topological polar surface area (TPSA) is 58.6 Å². The second kappa shape index (κ2) is 5.35. The molecule has 3 fully saturated rings.